The molecule has 4 heteroatoms. The first kappa shape index (κ1) is 11.7. The summed E-state index contributed by atoms with van der Waals surface area (Å²) in [5.41, 5.74) is 4.74. The number of aryl methyl sites for hydroxylation is 2. The normalized spacial score (nSPS) is 13.5. The molecule has 0 radical (unpaired) electrons. The summed E-state index contributed by atoms with van der Waals surface area (Å²) in [7, 11) is 0. The average Bonchev–Trinajstić information content (AvgIpc) is 2.38. The van der Waals surface area contributed by atoms with E-state index >= 15 is 0 Å². The minimum Gasteiger partial charge on any atom is -0.294 e. The molecule has 19 heavy (non-hydrogen) atoms. The Balaban J connectivity index is 2.18. The van der Waals surface area contributed by atoms with Crippen molar-refractivity contribution in [1.29, 1.82) is 0 Å². The van der Waals surface area contributed by atoms with Crippen LogP contribution in [0.15, 0.2) is 24.5 Å². The average molecular weight is 251 g/mol. The minimum absolute atomic E-state index is 0.129. The van der Waals surface area contributed by atoms with Gasteiger partial charge in [0.05, 0.1) is 17.6 Å². The number of carbonyl (C=O) groups is 1. The molecule has 4 nitrogen and oxygen atoms in total. The van der Waals surface area contributed by atoms with Crippen LogP contribution in [0.2, 0.25) is 0 Å². The van der Waals surface area contributed by atoms with Gasteiger partial charge in [0.25, 0.3) is 0 Å². The monoisotopic (exact) mass is 251 g/mol. The Kier molecular flexibility index (Phi) is 2.71. The number of hydrogen-bond donors (Lipinski definition) is 0. The van der Waals surface area contributed by atoms with Gasteiger partial charge >= 0.3 is 0 Å². The maximum absolute atomic E-state index is 11.9. The molecule has 94 valence electrons. The van der Waals surface area contributed by atoms with E-state index in [0.717, 1.165) is 33.9 Å². The van der Waals surface area contributed by atoms with E-state index in [2.05, 4.69) is 15.0 Å². The highest BCUT2D eigenvalue weighted by Gasteiger charge is 2.18. The summed E-state index contributed by atoms with van der Waals surface area (Å²) in [6.45, 7) is 3.76. The SMILES string of the molecule is Cc1cncc(-c2cc3c(c(C)n2)C(=O)CC=C3)n1. The van der Waals surface area contributed by atoms with Gasteiger partial charge in [-0.25, -0.2) is 4.98 Å². The zero-order valence-electron chi connectivity index (χ0n) is 10.8. The van der Waals surface area contributed by atoms with Gasteiger partial charge in [0, 0.05) is 23.9 Å². The molecule has 0 unspecified atom stereocenters. The lowest BCUT2D eigenvalue weighted by atomic mass is 9.94. The Morgan fingerprint density at radius 2 is 1.95 bits per heavy atom. The molecule has 0 saturated heterocycles. The predicted molar refractivity (Wildman–Crippen MR) is 72.7 cm³/mol. The van der Waals surface area contributed by atoms with Crippen LogP contribution < -0.4 is 0 Å². The fourth-order valence-electron chi connectivity index (χ4n) is 2.30. The third kappa shape index (κ3) is 2.05. The van der Waals surface area contributed by atoms with Gasteiger partial charge in [0.1, 0.15) is 5.69 Å². The summed E-state index contributed by atoms with van der Waals surface area (Å²) in [6.07, 6.45) is 7.71. The summed E-state index contributed by atoms with van der Waals surface area (Å²) in [5.74, 6) is 0.129. The van der Waals surface area contributed by atoms with Crippen molar-refractivity contribution in [2.24, 2.45) is 0 Å². The lowest BCUT2D eigenvalue weighted by molar-refractivity contribution is 0.0993. The summed E-state index contributed by atoms with van der Waals surface area (Å²) in [5, 5.41) is 0. The quantitative estimate of drug-likeness (QED) is 0.782. The number of carbonyl (C=O) groups excluding carboxylic acids is 1. The van der Waals surface area contributed by atoms with Gasteiger partial charge in [-0.2, -0.15) is 0 Å². The molecule has 1 aliphatic carbocycles. The van der Waals surface area contributed by atoms with Gasteiger partial charge in [-0.3, -0.25) is 14.8 Å². The molecule has 0 amide bonds. The third-order valence-electron chi connectivity index (χ3n) is 3.13. The van der Waals surface area contributed by atoms with Gasteiger partial charge in [-0.05, 0) is 25.5 Å². The van der Waals surface area contributed by atoms with Gasteiger partial charge in [-0.1, -0.05) is 12.2 Å². The molecular formula is C15H13N3O. The molecule has 2 aromatic rings. The Morgan fingerprint density at radius 1 is 1.11 bits per heavy atom. The van der Waals surface area contributed by atoms with Crippen LogP contribution in [0.5, 0.6) is 0 Å². The second-order valence-corrected chi connectivity index (χ2v) is 4.63. The third-order valence-corrected chi connectivity index (χ3v) is 3.13. The van der Waals surface area contributed by atoms with Crippen molar-refractivity contribution >= 4 is 11.9 Å². The molecule has 2 heterocycles. The molecule has 0 N–H and O–H groups in total. The van der Waals surface area contributed by atoms with Gasteiger partial charge in [0.2, 0.25) is 0 Å². The molecular weight excluding hydrogens is 238 g/mol. The Bertz CT molecular complexity index is 705. The van der Waals surface area contributed by atoms with Crippen LogP contribution in [0, 0.1) is 13.8 Å². The summed E-state index contributed by atoms with van der Waals surface area (Å²) >= 11 is 0. The van der Waals surface area contributed by atoms with Crippen LogP contribution in [0.3, 0.4) is 0 Å². The maximum Gasteiger partial charge on any atom is 0.169 e. The molecule has 0 spiro atoms. The first-order valence-electron chi connectivity index (χ1n) is 6.15. The second-order valence-electron chi connectivity index (χ2n) is 4.63. The lowest BCUT2D eigenvalue weighted by Gasteiger charge is -2.13. The molecule has 0 atom stereocenters. The second kappa shape index (κ2) is 4.39. The Labute approximate surface area is 111 Å². The van der Waals surface area contributed by atoms with Crippen molar-refractivity contribution in [3.05, 3.63) is 47.1 Å². The van der Waals surface area contributed by atoms with Crippen LogP contribution in [-0.2, 0) is 0 Å². The van der Waals surface area contributed by atoms with Crippen molar-refractivity contribution in [3.8, 4) is 11.4 Å². The number of rotatable bonds is 1. The van der Waals surface area contributed by atoms with E-state index in [1.54, 1.807) is 12.4 Å². The van der Waals surface area contributed by atoms with Crippen LogP contribution in [-0.4, -0.2) is 20.7 Å². The minimum atomic E-state index is 0.129. The van der Waals surface area contributed by atoms with Crippen molar-refractivity contribution < 1.29 is 4.79 Å². The number of allylic oxidation sites excluding steroid dienone is 1. The Hall–Kier alpha value is -2.36. The smallest absolute Gasteiger partial charge is 0.169 e. The largest absolute Gasteiger partial charge is 0.294 e. The van der Waals surface area contributed by atoms with Crippen molar-refractivity contribution in [1.82, 2.24) is 15.0 Å². The molecule has 2 aromatic heterocycles. The van der Waals surface area contributed by atoms with Gasteiger partial charge in [-0.15, -0.1) is 0 Å². The molecule has 3 rings (SSSR count). The first-order chi connectivity index (χ1) is 9.15. The van der Waals surface area contributed by atoms with Crippen LogP contribution in [0.4, 0.5) is 0 Å². The van der Waals surface area contributed by atoms with Crippen LogP contribution in [0.1, 0.15) is 33.7 Å². The van der Waals surface area contributed by atoms with Gasteiger partial charge in [0.15, 0.2) is 5.78 Å². The zero-order valence-corrected chi connectivity index (χ0v) is 10.8. The highest BCUT2D eigenvalue weighted by atomic mass is 16.1. The lowest BCUT2D eigenvalue weighted by Crippen LogP contribution is -2.09. The summed E-state index contributed by atoms with van der Waals surface area (Å²) in [4.78, 5) is 24.9. The number of ketones is 1. The zero-order chi connectivity index (χ0) is 13.4. The number of hydrogen-bond acceptors (Lipinski definition) is 4. The highest BCUT2D eigenvalue weighted by molar-refractivity contribution is 6.03. The summed E-state index contributed by atoms with van der Waals surface area (Å²) < 4.78 is 0. The molecule has 0 aliphatic heterocycles. The van der Waals surface area contributed by atoms with E-state index in [0.29, 0.717) is 6.42 Å². The fourth-order valence-corrected chi connectivity index (χ4v) is 2.30. The predicted octanol–water partition coefficient (Wildman–Crippen LogP) is 2.76. The molecule has 0 fully saturated rings. The fraction of sp³-hybridized carbons (Fsp3) is 0.200. The highest BCUT2D eigenvalue weighted by Crippen LogP contribution is 2.26. The van der Waals surface area contributed by atoms with Crippen molar-refractivity contribution in [3.63, 3.8) is 0 Å². The molecule has 0 aromatic carbocycles. The van der Waals surface area contributed by atoms with E-state index in [4.69, 9.17) is 0 Å². The molecule has 0 saturated carbocycles. The van der Waals surface area contributed by atoms with E-state index in [-0.39, 0.29) is 5.78 Å². The molecule has 1 aliphatic rings. The first-order valence-corrected chi connectivity index (χ1v) is 6.15. The number of fused-ring (bicyclic) bond motifs is 1. The van der Waals surface area contributed by atoms with E-state index in [1.807, 2.05) is 32.1 Å². The van der Waals surface area contributed by atoms with Crippen LogP contribution >= 0.6 is 0 Å². The van der Waals surface area contributed by atoms with Crippen molar-refractivity contribution in [2.45, 2.75) is 20.3 Å². The Morgan fingerprint density at radius 3 is 2.74 bits per heavy atom. The standard InChI is InChI=1S/C15H13N3O/c1-9-7-16-8-13(17-9)12-6-11-4-3-5-14(19)15(11)10(2)18-12/h3-4,6-8H,5H2,1-2H3. The topological polar surface area (TPSA) is 55.7 Å². The number of nitrogens with zero attached hydrogens (tertiary/aromatic N) is 3. The van der Waals surface area contributed by atoms with E-state index < -0.39 is 0 Å². The number of pyridine rings is 1. The number of aromatic nitrogens is 3. The summed E-state index contributed by atoms with van der Waals surface area (Å²) in [6, 6.07) is 1.90. The number of Topliss-reactive ketones (excluding diaryl/α,β-unsaturated/α-hetero) is 1. The van der Waals surface area contributed by atoms with Gasteiger partial charge < -0.3 is 0 Å². The van der Waals surface area contributed by atoms with E-state index in [1.165, 1.54) is 0 Å². The molecule has 0 bridgehead atoms. The maximum atomic E-state index is 11.9. The van der Waals surface area contributed by atoms with Crippen molar-refractivity contribution in [2.75, 3.05) is 0 Å². The van der Waals surface area contributed by atoms with E-state index in [9.17, 15) is 4.79 Å². The van der Waals surface area contributed by atoms with Crippen LogP contribution in [0.25, 0.3) is 17.5 Å².